The fourth-order valence-corrected chi connectivity index (χ4v) is 3.23. The van der Waals surface area contributed by atoms with E-state index >= 15 is 0 Å². The van der Waals surface area contributed by atoms with E-state index in [0.29, 0.717) is 10.6 Å². The minimum Gasteiger partial charge on any atom is -0.477 e. The van der Waals surface area contributed by atoms with Gasteiger partial charge in [0.2, 0.25) is 0 Å². The van der Waals surface area contributed by atoms with Crippen molar-refractivity contribution in [1.82, 2.24) is 19.4 Å². The summed E-state index contributed by atoms with van der Waals surface area (Å²) in [7, 11) is -1.43. The fourth-order valence-electron chi connectivity index (χ4n) is 2.30. The van der Waals surface area contributed by atoms with E-state index < -0.39 is 22.7 Å². The standard InChI is InChI=1S/C16H12F3N5O2S.H2O/c1-2-27(25)12-5-10(26-4-3-20)7-21-15(12)11-8-24-9-22-13(16(17,18)19)6-14(24)23-11;/h5-9H,2,4H2,1H3;1H2. The van der Waals surface area contributed by atoms with Gasteiger partial charge in [-0.05, 0) is 0 Å². The Morgan fingerprint density at radius 3 is 2.71 bits per heavy atom. The molecule has 28 heavy (non-hydrogen) atoms. The summed E-state index contributed by atoms with van der Waals surface area (Å²) < 4.78 is 57.3. The van der Waals surface area contributed by atoms with Crippen LogP contribution in [0.3, 0.4) is 0 Å². The molecule has 0 aromatic carbocycles. The summed E-state index contributed by atoms with van der Waals surface area (Å²) in [5.74, 6) is 0.561. The summed E-state index contributed by atoms with van der Waals surface area (Å²) in [5, 5.41) is 8.59. The number of imidazole rings is 1. The lowest BCUT2D eigenvalue weighted by Crippen LogP contribution is -2.08. The van der Waals surface area contributed by atoms with Crippen LogP contribution in [0.5, 0.6) is 5.75 Å². The van der Waals surface area contributed by atoms with Gasteiger partial charge in [0.25, 0.3) is 0 Å². The van der Waals surface area contributed by atoms with Crippen molar-refractivity contribution in [2.45, 2.75) is 18.0 Å². The van der Waals surface area contributed by atoms with E-state index in [1.54, 1.807) is 6.92 Å². The highest BCUT2D eigenvalue weighted by Gasteiger charge is 2.33. The molecule has 8 nitrogen and oxygen atoms in total. The SMILES string of the molecule is CCS(=O)c1cc(OCC#N)cnc1-c1cn2cnc(C(F)(F)F)cc2n1.O. The molecule has 0 aliphatic heterocycles. The summed E-state index contributed by atoms with van der Waals surface area (Å²) >= 11 is 0. The number of hydrogen-bond acceptors (Lipinski definition) is 6. The molecule has 3 heterocycles. The molecule has 148 valence electrons. The lowest BCUT2D eigenvalue weighted by Gasteiger charge is -2.08. The number of nitriles is 1. The van der Waals surface area contributed by atoms with Gasteiger partial charge in [-0.15, -0.1) is 0 Å². The minimum absolute atomic E-state index is 0. The van der Waals surface area contributed by atoms with Gasteiger partial charge in [0.1, 0.15) is 40.9 Å². The molecule has 0 bridgehead atoms. The fraction of sp³-hybridized carbons (Fsp3) is 0.250. The van der Waals surface area contributed by atoms with Crippen molar-refractivity contribution in [2.75, 3.05) is 12.4 Å². The van der Waals surface area contributed by atoms with Crippen molar-refractivity contribution in [2.24, 2.45) is 0 Å². The second kappa shape index (κ2) is 8.32. The Morgan fingerprint density at radius 1 is 1.32 bits per heavy atom. The highest BCUT2D eigenvalue weighted by Crippen LogP contribution is 2.30. The van der Waals surface area contributed by atoms with Crippen LogP contribution < -0.4 is 4.74 Å². The zero-order chi connectivity index (χ0) is 19.6. The van der Waals surface area contributed by atoms with Gasteiger partial charge in [-0.3, -0.25) is 8.61 Å². The van der Waals surface area contributed by atoms with Crippen LogP contribution in [0.2, 0.25) is 0 Å². The molecule has 0 aliphatic rings. The Balaban J connectivity index is 0.00000280. The lowest BCUT2D eigenvalue weighted by molar-refractivity contribution is -0.141. The second-order valence-electron chi connectivity index (χ2n) is 5.26. The molecule has 12 heteroatoms. The first-order chi connectivity index (χ1) is 12.8. The number of aromatic nitrogens is 4. The van der Waals surface area contributed by atoms with Crippen LogP contribution in [0.4, 0.5) is 13.2 Å². The van der Waals surface area contributed by atoms with E-state index in [1.165, 1.54) is 22.9 Å². The van der Waals surface area contributed by atoms with Gasteiger partial charge < -0.3 is 10.2 Å². The van der Waals surface area contributed by atoms with Crippen LogP contribution in [-0.4, -0.2) is 41.4 Å². The van der Waals surface area contributed by atoms with E-state index in [2.05, 4.69) is 15.0 Å². The first-order valence-electron chi connectivity index (χ1n) is 7.64. The summed E-state index contributed by atoms with van der Waals surface area (Å²) in [4.78, 5) is 12.0. The Bertz CT molecular complexity index is 1060. The molecular weight excluding hydrogens is 399 g/mol. The van der Waals surface area contributed by atoms with Gasteiger partial charge in [0.05, 0.1) is 21.9 Å². The molecule has 0 radical (unpaired) electrons. The molecule has 0 aliphatic carbocycles. The molecule has 0 fully saturated rings. The third-order valence-corrected chi connectivity index (χ3v) is 4.85. The Morgan fingerprint density at radius 2 is 2.07 bits per heavy atom. The number of fused-ring (bicyclic) bond motifs is 1. The van der Waals surface area contributed by atoms with Crippen molar-refractivity contribution in [3.63, 3.8) is 0 Å². The van der Waals surface area contributed by atoms with Crippen LogP contribution in [0.15, 0.2) is 35.7 Å². The molecule has 0 saturated heterocycles. The van der Waals surface area contributed by atoms with E-state index in [-0.39, 0.29) is 34.9 Å². The van der Waals surface area contributed by atoms with Crippen LogP contribution in [0, 0.1) is 11.3 Å². The van der Waals surface area contributed by atoms with Crippen molar-refractivity contribution in [3.8, 4) is 23.2 Å². The van der Waals surface area contributed by atoms with Crippen LogP contribution >= 0.6 is 0 Å². The number of halogens is 3. The van der Waals surface area contributed by atoms with Crippen LogP contribution in [0.25, 0.3) is 17.0 Å². The number of nitrogens with zero attached hydrogens (tertiary/aromatic N) is 5. The number of hydrogen-bond donors (Lipinski definition) is 0. The Labute approximate surface area is 159 Å². The average molecular weight is 413 g/mol. The number of pyridine rings is 1. The van der Waals surface area contributed by atoms with Crippen LogP contribution in [0.1, 0.15) is 12.6 Å². The molecule has 3 aromatic rings. The first kappa shape index (κ1) is 21.3. The zero-order valence-corrected chi connectivity index (χ0v) is 15.2. The monoisotopic (exact) mass is 413 g/mol. The zero-order valence-electron chi connectivity index (χ0n) is 14.4. The van der Waals surface area contributed by atoms with Gasteiger partial charge in [0.15, 0.2) is 6.61 Å². The highest BCUT2D eigenvalue weighted by atomic mass is 32.2. The van der Waals surface area contributed by atoms with E-state index in [1.807, 2.05) is 6.07 Å². The number of alkyl halides is 3. The topological polar surface area (TPSA) is 125 Å². The van der Waals surface area contributed by atoms with Crippen molar-refractivity contribution < 1.29 is 27.6 Å². The third kappa shape index (κ3) is 4.26. The van der Waals surface area contributed by atoms with Crippen molar-refractivity contribution >= 4 is 16.4 Å². The molecule has 0 amide bonds. The normalized spacial score (nSPS) is 12.2. The Hall–Kier alpha value is -3.04. The average Bonchev–Trinajstić information content (AvgIpc) is 3.07. The van der Waals surface area contributed by atoms with Gasteiger partial charge in [0, 0.05) is 24.1 Å². The maximum absolute atomic E-state index is 12.8. The summed E-state index contributed by atoms with van der Waals surface area (Å²) in [6.07, 6.45) is -0.778. The largest absolute Gasteiger partial charge is 0.477 e. The quantitative estimate of drug-likeness (QED) is 0.630. The first-order valence-corrected chi connectivity index (χ1v) is 8.96. The third-order valence-electron chi connectivity index (χ3n) is 3.52. The van der Waals surface area contributed by atoms with Gasteiger partial charge in [-0.25, -0.2) is 15.0 Å². The van der Waals surface area contributed by atoms with E-state index in [0.717, 1.165) is 12.4 Å². The molecule has 0 saturated carbocycles. The van der Waals surface area contributed by atoms with Crippen molar-refractivity contribution in [1.29, 1.82) is 5.26 Å². The Kier molecular flexibility index (Phi) is 6.32. The smallest absolute Gasteiger partial charge is 0.433 e. The summed E-state index contributed by atoms with van der Waals surface area (Å²) in [6, 6.07) is 4.13. The predicted octanol–water partition coefficient (Wildman–Crippen LogP) is 2.02. The van der Waals surface area contributed by atoms with Gasteiger partial charge in [-0.2, -0.15) is 18.4 Å². The second-order valence-corrected chi connectivity index (χ2v) is 6.97. The predicted molar refractivity (Wildman–Crippen MR) is 92.9 cm³/mol. The molecule has 3 rings (SSSR count). The molecular formula is C16H14F3N5O3S. The number of rotatable bonds is 5. The molecule has 2 N–H and O–H groups in total. The highest BCUT2D eigenvalue weighted by molar-refractivity contribution is 7.85. The maximum Gasteiger partial charge on any atom is 0.433 e. The molecule has 1 unspecified atom stereocenters. The minimum atomic E-state index is -4.58. The van der Waals surface area contributed by atoms with Crippen LogP contribution in [-0.2, 0) is 17.0 Å². The molecule has 3 aromatic heterocycles. The van der Waals surface area contributed by atoms with Gasteiger partial charge >= 0.3 is 6.18 Å². The lowest BCUT2D eigenvalue weighted by atomic mass is 10.3. The van der Waals surface area contributed by atoms with E-state index in [9.17, 15) is 17.4 Å². The number of ether oxygens (including phenoxy) is 1. The maximum atomic E-state index is 12.8. The molecule has 1 atom stereocenters. The van der Waals surface area contributed by atoms with E-state index in [4.69, 9.17) is 10.00 Å². The van der Waals surface area contributed by atoms with Crippen molar-refractivity contribution in [3.05, 3.63) is 36.5 Å². The van der Waals surface area contributed by atoms with Gasteiger partial charge in [-0.1, -0.05) is 6.92 Å². The molecule has 0 spiro atoms. The summed E-state index contributed by atoms with van der Waals surface area (Å²) in [6.45, 7) is 1.52. The summed E-state index contributed by atoms with van der Waals surface area (Å²) in [5.41, 5.74) is -0.513.